The van der Waals surface area contributed by atoms with Gasteiger partial charge in [-0.1, -0.05) is 11.6 Å². The third-order valence-corrected chi connectivity index (χ3v) is 4.51. The van der Waals surface area contributed by atoms with Crippen molar-refractivity contribution in [3.63, 3.8) is 0 Å². The van der Waals surface area contributed by atoms with Crippen molar-refractivity contribution in [2.75, 3.05) is 18.4 Å². The van der Waals surface area contributed by atoms with E-state index < -0.39 is 0 Å². The molecule has 1 amide bonds. The summed E-state index contributed by atoms with van der Waals surface area (Å²) in [6.45, 7) is 1.48. The summed E-state index contributed by atoms with van der Waals surface area (Å²) in [6.07, 6.45) is 4.49. The lowest BCUT2D eigenvalue weighted by atomic mass is 10.2. The molecule has 0 bridgehead atoms. The zero-order valence-corrected chi connectivity index (χ0v) is 12.3. The Labute approximate surface area is 126 Å². The van der Waals surface area contributed by atoms with Crippen LogP contribution in [0.25, 0.3) is 0 Å². The van der Waals surface area contributed by atoms with Gasteiger partial charge in [0.25, 0.3) is 5.91 Å². The predicted octanol–water partition coefficient (Wildman–Crippen LogP) is 3.12. The maximum absolute atomic E-state index is 12.3. The highest BCUT2D eigenvalue weighted by Crippen LogP contribution is 2.24. The van der Waals surface area contributed by atoms with Crippen molar-refractivity contribution in [2.45, 2.75) is 12.5 Å². The number of pyridine rings is 1. The summed E-state index contributed by atoms with van der Waals surface area (Å²) in [5.41, 5.74) is 0.992. The van der Waals surface area contributed by atoms with Crippen LogP contribution < -0.4 is 5.32 Å². The lowest BCUT2D eigenvalue weighted by molar-refractivity contribution is 0.0796. The van der Waals surface area contributed by atoms with Crippen molar-refractivity contribution in [2.24, 2.45) is 0 Å². The molecule has 1 atom stereocenters. The molecule has 6 heteroatoms. The van der Waals surface area contributed by atoms with Crippen LogP contribution >= 0.6 is 22.9 Å². The highest BCUT2D eigenvalue weighted by Gasteiger charge is 2.27. The van der Waals surface area contributed by atoms with E-state index in [1.807, 2.05) is 17.0 Å². The van der Waals surface area contributed by atoms with E-state index in [2.05, 4.69) is 10.3 Å². The first kappa shape index (κ1) is 13.4. The fourth-order valence-electron chi connectivity index (χ4n) is 2.33. The van der Waals surface area contributed by atoms with Crippen LogP contribution in [0.5, 0.6) is 0 Å². The molecule has 0 radical (unpaired) electrons. The summed E-state index contributed by atoms with van der Waals surface area (Å²) in [6, 6.07) is 7.71. The third-order valence-electron chi connectivity index (χ3n) is 3.29. The van der Waals surface area contributed by atoms with Gasteiger partial charge in [0, 0.05) is 31.5 Å². The van der Waals surface area contributed by atoms with Crippen molar-refractivity contribution in [1.29, 1.82) is 0 Å². The Morgan fingerprint density at radius 2 is 2.35 bits per heavy atom. The molecule has 0 aliphatic carbocycles. The molecule has 1 unspecified atom stereocenters. The number of likely N-dealkylation sites (tertiary alicyclic amines) is 1. The maximum Gasteiger partial charge on any atom is 0.264 e. The summed E-state index contributed by atoms with van der Waals surface area (Å²) < 4.78 is 0.651. The number of rotatable bonds is 3. The number of carbonyl (C=O) groups is 1. The molecule has 1 fully saturated rings. The molecule has 3 rings (SSSR count). The van der Waals surface area contributed by atoms with Crippen molar-refractivity contribution < 1.29 is 4.79 Å². The SMILES string of the molecule is O=C(c1ccc(Cl)s1)N1CCC(Nc2cccnc2)C1. The second-order valence-electron chi connectivity index (χ2n) is 4.73. The number of nitrogens with one attached hydrogen (secondary N) is 1. The standard InChI is InChI=1S/C14H14ClN3OS/c15-13-4-3-12(20-13)14(19)18-7-5-11(9-18)17-10-2-1-6-16-8-10/h1-4,6,8,11,17H,5,7,9H2. The minimum absolute atomic E-state index is 0.0670. The van der Waals surface area contributed by atoms with Crippen molar-refractivity contribution in [3.05, 3.63) is 45.9 Å². The van der Waals surface area contributed by atoms with Gasteiger partial charge in [0.2, 0.25) is 0 Å². The first-order valence-electron chi connectivity index (χ1n) is 6.43. The van der Waals surface area contributed by atoms with Crippen LogP contribution in [-0.2, 0) is 0 Å². The summed E-state index contributed by atoms with van der Waals surface area (Å²) in [4.78, 5) is 18.9. The van der Waals surface area contributed by atoms with Crippen LogP contribution in [-0.4, -0.2) is 34.9 Å². The van der Waals surface area contributed by atoms with Gasteiger partial charge in [-0.3, -0.25) is 9.78 Å². The molecular formula is C14H14ClN3OS. The summed E-state index contributed by atoms with van der Waals surface area (Å²) in [5, 5.41) is 3.40. The van der Waals surface area contributed by atoms with E-state index in [1.54, 1.807) is 24.5 Å². The molecule has 104 valence electrons. The zero-order valence-electron chi connectivity index (χ0n) is 10.8. The molecule has 4 nitrogen and oxygen atoms in total. The van der Waals surface area contributed by atoms with Gasteiger partial charge < -0.3 is 10.2 Å². The zero-order chi connectivity index (χ0) is 13.9. The lowest BCUT2D eigenvalue weighted by Crippen LogP contribution is -2.31. The summed E-state index contributed by atoms with van der Waals surface area (Å²) >= 11 is 7.21. The van der Waals surface area contributed by atoms with Crippen molar-refractivity contribution in [1.82, 2.24) is 9.88 Å². The van der Waals surface area contributed by atoms with Gasteiger partial charge in [0.1, 0.15) is 0 Å². The van der Waals surface area contributed by atoms with Gasteiger partial charge in [-0.25, -0.2) is 0 Å². The molecule has 1 saturated heterocycles. The minimum atomic E-state index is 0.0670. The van der Waals surface area contributed by atoms with E-state index in [1.165, 1.54) is 11.3 Å². The molecule has 0 aromatic carbocycles. The number of aromatic nitrogens is 1. The topological polar surface area (TPSA) is 45.2 Å². The van der Waals surface area contributed by atoms with Crippen LogP contribution in [0.2, 0.25) is 4.34 Å². The fourth-order valence-corrected chi connectivity index (χ4v) is 3.34. The van der Waals surface area contributed by atoms with Gasteiger partial charge in [0.05, 0.1) is 14.9 Å². The Balaban J connectivity index is 1.61. The molecule has 0 spiro atoms. The van der Waals surface area contributed by atoms with Crippen LogP contribution in [0.3, 0.4) is 0 Å². The molecule has 1 aliphatic rings. The third kappa shape index (κ3) is 2.94. The molecule has 0 saturated carbocycles. The van der Waals surface area contributed by atoms with E-state index in [9.17, 15) is 4.79 Å². The first-order valence-corrected chi connectivity index (χ1v) is 7.63. The minimum Gasteiger partial charge on any atom is -0.379 e. The smallest absolute Gasteiger partial charge is 0.264 e. The van der Waals surface area contributed by atoms with Crippen LogP contribution in [0.15, 0.2) is 36.7 Å². The molecule has 2 aromatic heterocycles. The summed E-state index contributed by atoms with van der Waals surface area (Å²) in [7, 11) is 0. The van der Waals surface area contributed by atoms with E-state index in [4.69, 9.17) is 11.6 Å². The summed E-state index contributed by atoms with van der Waals surface area (Å²) in [5.74, 6) is 0.0670. The molecular weight excluding hydrogens is 294 g/mol. The normalized spacial score (nSPS) is 18.2. The molecule has 2 aromatic rings. The average Bonchev–Trinajstić information content (AvgIpc) is 3.08. The number of hydrogen-bond acceptors (Lipinski definition) is 4. The van der Waals surface area contributed by atoms with Gasteiger partial charge in [-0.15, -0.1) is 11.3 Å². The number of carbonyl (C=O) groups excluding carboxylic acids is 1. The Kier molecular flexibility index (Phi) is 3.89. The van der Waals surface area contributed by atoms with Gasteiger partial charge in [-0.05, 0) is 30.7 Å². The number of hydrogen-bond donors (Lipinski definition) is 1. The Morgan fingerprint density at radius 1 is 1.45 bits per heavy atom. The van der Waals surface area contributed by atoms with E-state index >= 15 is 0 Å². The lowest BCUT2D eigenvalue weighted by Gasteiger charge is -2.16. The molecule has 1 aliphatic heterocycles. The second kappa shape index (κ2) is 5.81. The van der Waals surface area contributed by atoms with Crippen LogP contribution in [0, 0.1) is 0 Å². The molecule has 20 heavy (non-hydrogen) atoms. The van der Waals surface area contributed by atoms with Crippen LogP contribution in [0.1, 0.15) is 16.1 Å². The largest absolute Gasteiger partial charge is 0.379 e. The quantitative estimate of drug-likeness (QED) is 0.947. The number of halogens is 1. The number of thiophene rings is 1. The number of nitrogens with zero attached hydrogens (tertiary/aromatic N) is 2. The number of amides is 1. The van der Waals surface area contributed by atoms with E-state index in [-0.39, 0.29) is 11.9 Å². The Morgan fingerprint density at radius 3 is 3.05 bits per heavy atom. The predicted molar refractivity (Wildman–Crippen MR) is 81.5 cm³/mol. The molecule has 3 heterocycles. The second-order valence-corrected chi connectivity index (χ2v) is 6.44. The first-order chi connectivity index (χ1) is 9.72. The van der Waals surface area contributed by atoms with Crippen molar-refractivity contribution >= 4 is 34.5 Å². The fraction of sp³-hybridized carbons (Fsp3) is 0.286. The average molecular weight is 308 g/mol. The Hall–Kier alpha value is -1.59. The van der Waals surface area contributed by atoms with E-state index in [0.717, 1.165) is 18.7 Å². The van der Waals surface area contributed by atoms with Crippen LogP contribution in [0.4, 0.5) is 5.69 Å². The highest BCUT2D eigenvalue weighted by molar-refractivity contribution is 7.17. The highest BCUT2D eigenvalue weighted by atomic mass is 35.5. The monoisotopic (exact) mass is 307 g/mol. The maximum atomic E-state index is 12.3. The van der Waals surface area contributed by atoms with E-state index in [0.29, 0.717) is 15.8 Å². The van der Waals surface area contributed by atoms with Gasteiger partial charge >= 0.3 is 0 Å². The van der Waals surface area contributed by atoms with Gasteiger partial charge in [-0.2, -0.15) is 0 Å². The Bertz CT molecular complexity index is 601. The molecule has 1 N–H and O–H groups in total. The van der Waals surface area contributed by atoms with Crippen molar-refractivity contribution in [3.8, 4) is 0 Å². The van der Waals surface area contributed by atoms with Gasteiger partial charge in [0.15, 0.2) is 0 Å². The number of anilines is 1.